The number of hydrogen-bond acceptors (Lipinski definition) is 3. The summed E-state index contributed by atoms with van der Waals surface area (Å²) >= 11 is 1.55. The van der Waals surface area contributed by atoms with Gasteiger partial charge in [0.15, 0.2) is 6.29 Å². The van der Waals surface area contributed by atoms with Gasteiger partial charge in [-0.15, -0.1) is 11.3 Å². The zero-order valence-corrected chi connectivity index (χ0v) is 9.04. The molecule has 0 saturated carbocycles. The number of rotatable bonds is 4. The third-order valence-corrected chi connectivity index (χ3v) is 3.18. The summed E-state index contributed by atoms with van der Waals surface area (Å²) in [6.07, 6.45) is 2.68. The van der Waals surface area contributed by atoms with Crippen LogP contribution in [-0.4, -0.2) is 11.3 Å². The van der Waals surface area contributed by atoms with Crippen LogP contribution in [0.4, 0.5) is 0 Å². The first-order chi connectivity index (χ1) is 7.40. The predicted molar refractivity (Wildman–Crippen MR) is 61.4 cm³/mol. The van der Waals surface area contributed by atoms with Crippen LogP contribution in [0.3, 0.4) is 0 Å². The van der Waals surface area contributed by atoms with E-state index in [1.165, 1.54) is 5.56 Å². The number of benzene rings is 1. The normalized spacial score (nSPS) is 10.1. The minimum absolute atomic E-state index is 0.593. The summed E-state index contributed by atoms with van der Waals surface area (Å²) < 4.78 is 0. The molecule has 1 aromatic heterocycles. The Hall–Kier alpha value is -1.48. The minimum atomic E-state index is 0.593. The summed E-state index contributed by atoms with van der Waals surface area (Å²) in [4.78, 5) is 15.7. The third kappa shape index (κ3) is 2.50. The molecule has 0 fully saturated rings. The Morgan fingerprint density at radius 3 is 2.73 bits per heavy atom. The maximum absolute atomic E-state index is 10.6. The number of aromatic nitrogens is 1. The molecule has 76 valence electrons. The van der Waals surface area contributed by atoms with Gasteiger partial charge in [0.2, 0.25) is 0 Å². The van der Waals surface area contributed by atoms with E-state index in [-0.39, 0.29) is 0 Å². The number of carbonyl (C=O) groups is 1. The Kier molecular flexibility index (Phi) is 3.25. The van der Waals surface area contributed by atoms with E-state index in [1.54, 1.807) is 16.8 Å². The predicted octanol–water partition coefficient (Wildman–Crippen LogP) is 2.74. The van der Waals surface area contributed by atoms with Gasteiger partial charge in [0.1, 0.15) is 5.69 Å². The van der Waals surface area contributed by atoms with Gasteiger partial charge in [-0.3, -0.25) is 4.79 Å². The highest BCUT2D eigenvalue weighted by molar-refractivity contribution is 7.09. The molecule has 0 amide bonds. The van der Waals surface area contributed by atoms with Crippen molar-refractivity contribution in [2.24, 2.45) is 0 Å². The second-order valence-corrected chi connectivity index (χ2v) is 4.20. The van der Waals surface area contributed by atoms with Gasteiger partial charge < -0.3 is 0 Å². The highest BCUT2D eigenvalue weighted by atomic mass is 32.1. The number of hydrogen-bond donors (Lipinski definition) is 0. The fourth-order valence-electron chi connectivity index (χ4n) is 1.46. The lowest BCUT2D eigenvalue weighted by Gasteiger charge is -1.99. The lowest BCUT2D eigenvalue weighted by Crippen LogP contribution is -1.92. The molecule has 2 aromatic rings. The summed E-state index contributed by atoms with van der Waals surface area (Å²) in [5.74, 6) is 0. The van der Waals surface area contributed by atoms with Crippen LogP contribution in [0, 0.1) is 0 Å². The molecular weight excluding hydrogens is 206 g/mol. The quantitative estimate of drug-likeness (QED) is 0.737. The Labute approximate surface area is 92.6 Å². The second-order valence-electron chi connectivity index (χ2n) is 3.26. The average molecular weight is 217 g/mol. The first-order valence-corrected chi connectivity index (χ1v) is 5.69. The number of aldehydes is 1. The third-order valence-electron chi connectivity index (χ3n) is 2.27. The van der Waals surface area contributed by atoms with Crippen molar-refractivity contribution in [3.05, 3.63) is 52.0 Å². The van der Waals surface area contributed by atoms with E-state index in [2.05, 4.69) is 17.1 Å². The molecule has 2 rings (SSSR count). The van der Waals surface area contributed by atoms with Crippen molar-refractivity contribution in [3.63, 3.8) is 0 Å². The van der Waals surface area contributed by atoms with E-state index >= 15 is 0 Å². The van der Waals surface area contributed by atoms with Gasteiger partial charge >= 0.3 is 0 Å². The molecule has 0 N–H and O–H groups in total. The number of carbonyl (C=O) groups excluding carboxylic acids is 1. The maximum atomic E-state index is 10.6. The molecule has 0 aliphatic rings. The summed E-state index contributed by atoms with van der Waals surface area (Å²) in [5.41, 5.74) is 3.61. The number of thiazole rings is 1. The number of nitrogens with zero attached hydrogens (tertiary/aromatic N) is 1. The Morgan fingerprint density at radius 1 is 1.20 bits per heavy atom. The molecule has 0 saturated heterocycles. The topological polar surface area (TPSA) is 30.0 Å². The fourth-order valence-corrected chi connectivity index (χ4v) is 2.20. The molecule has 3 heteroatoms. The summed E-state index contributed by atoms with van der Waals surface area (Å²) in [7, 11) is 0. The minimum Gasteiger partial charge on any atom is -0.296 e. The van der Waals surface area contributed by atoms with Gasteiger partial charge in [-0.25, -0.2) is 4.98 Å². The van der Waals surface area contributed by atoms with E-state index in [0.29, 0.717) is 5.69 Å². The largest absolute Gasteiger partial charge is 0.296 e. The van der Waals surface area contributed by atoms with E-state index in [4.69, 9.17) is 0 Å². The van der Waals surface area contributed by atoms with Crippen molar-refractivity contribution in [2.45, 2.75) is 12.8 Å². The molecule has 1 aromatic carbocycles. The molecule has 15 heavy (non-hydrogen) atoms. The zero-order valence-electron chi connectivity index (χ0n) is 8.22. The van der Waals surface area contributed by atoms with E-state index in [9.17, 15) is 4.79 Å². The van der Waals surface area contributed by atoms with Gasteiger partial charge in [0, 0.05) is 4.88 Å². The first kappa shape index (κ1) is 10.1. The molecule has 0 spiro atoms. The summed E-state index contributed by atoms with van der Waals surface area (Å²) in [6.45, 7) is 0. The first-order valence-electron chi connectivity index (χ1n) is 4.81. The molecule has 1 heterocycles. The van der Waals surface area contributed by atoms with Crippen LogP contribution in [0.15, 0.2) is 35.8 Å². The van der Waals surface area contributed by atoms with Crippen molar-refractivity contribution in [3.8, 4) is 0 Å². The van der Waals surface area contributed by atoms with Gasteiger partial charge in [-0.2, -0.15) is 0 Å². The van der Waals surface area contributed by atoms with Crippen molar-refractivity contribution >= 4 is 17.6 Å². The average Bonchev–Trinajstić information content (AvgIpc) is 2.75. The molecule has 0 aliphatic carbocycles. The Bertz CT molecular complexity index is 436. The van der Waals surface area contributed by atoms with Crippen molar-refractivity contribution in [1.29, 1.82) is 0 Å². The summed E-state index contributed by atoms with van der Waals surface area (Å²) in [6, 6.07) is 10.3. The summed E-state index contributed by atoms with van der Waals surface area (Å²) in [5, 5.41) is 0. The van der Waals surface area contributed by atoms with Crippen LogP contribution in [0.5, 0.6) is 0 Å². The van der Waals surface area contributed by atoms with Gasteiger partial charge in [-0.05, 0) is 18.4 Å². The molecule has 2 nitrogen and oxygen atoms in total. The van der Waals surface area contributed by atoms with Crippen LogP contribution in [0.25, 0.3) is 0 Å². The van der Waals surface area contributed by atoms with Gasteiger partial charge in [0.05, 0.1) is 5.51 Å². The van der Waals surface area contributed by atoms with Crippen LogP contribution < -0.4 is 0 Å². The van der Waals surface area contributed by atoms with Crippen LogP contribution in [-0.2, 0) is 12.8 Å². The molecule has 0 atom stereocenters. The Balaban J connectivity index is 2.02. The maximum Gasteiger partial charge on any atom is 0.169 e. The molecular formula is C12H11NOS. The molecule has 0 aliphatic heterocycles. The van der Waals surface area contributed by atoms with Crippen LogP contribution in [0.2, 0.25) is 0 Å². The molecule has 0 radical (unpaired) electrons. The second kappa shape index (κ2) is 4.84. The smallest absolute Gasteiger partial charge is 0.169 e. The monoisotopic (exact) mass is 217 g/mol. The highest BCUT2D eigenvalue weighted by Crippen LogP contribution is 2.14. The lowest BCUT2D eigenvalue weighted by atomic mass is 10.1. The Morgan fingerprint density at radius 2 is 2.00 bits per heavy atom. The van der Waals surface area contributed by atoms with E-state index in [1.807, 2.05) is 18.2 Å². The lowest BCUT2D eigenvalue weighted by molar-refractivity contribution is 0.111. The van der Waals surface area contributed by atoms with Crippen LogP contribution in [0.1, 0.15) is 20.9 Å². The SMILES string of the molecule is O=Cc1ncsc1CCc1ccccc1. The zero-order chi connectivity index (χ0) is 10.5. The van der Waals surface area contributed by atoms with Crippen molar-refractivity contribution in [2.75, 3.05) is 0 Å². The van der Waals surface area contributed by atoms with Gasteiger partial charge in [0.25, 0.3) is 0 Å². The standard InChI is InChI=1S/C12H11NOS/c14-8-11-12(15-9-13-11)7-6-10-4-2-1-3-5-10/h1-5,8-9H,6-7H2. The van der Waals surface area contributed by atoms with E-state index < -0.39 is 0 Å². The van der Waals surface area contributed by atoms with Crippen molar-refractivity contribution in [1.82, 2.24) is 4.98 Å². The van der Waals surface area contributed by atoms with Crippen LogP contribution >= 0.6 is 11.3 Å². The number of aryl methyl sites for hydroxylation is 2. The fraction of sp³-hybridized carbons (Fsp3) is 0.167. The molecule has 0 unspecified atom stereocenters. The van der Waals surface area contributed by atoms with Gasteiger partial charge in [-0.1, -0.05) is 30.3 Å². The van der Waals surface area contributed by atoms with E-state index in [0.717, 1.165) is 24.0 Å². The highest BCUT2D eigenvalue weighted by Gasteiger charge is 2.04. The molecule has 0 bridgehead atoms. The van der Waals surface area contributed by atoms with Crippen molar-refractivity contribution < 1.29 is 4.79 Å².